The zero-order chi connectivity index (χ0) is 15.0. The van der Waals surface area contributed by atoms with Gasteiger partial charge in [0, 0.05) is 22.7 Å². The molecule has 0 saturated heterocycles. The molecule has 1 amide bonds. The molecular weight excluding hydrogens is 320 g/mol. The lowest BCUT2D eigenvalue weighted by atomic mass is 10.2. The molecule has 0 saturated carbocycles. The maximum Gasteiger partial charge on any atom is 0.244 e. The van der Waals surface area contributed by atoms with E-state index in [-0.39, 0.29) is 5.91 Å². The molecular formula is C15H21BrN2O2. The van der Waals surface area contributed by atoms with E-state index in [2.05, 4.69) is 26.1 Å². The summed E-state index contributed by atoms with van der Waals surface area (Å²) >= 11 is 3.40. The first-order chi connectivity index (χ1) is 9.52. The maximum absolute atomic E-state index is 11.7. The van der Waals surface area contributed by atoms with E-state index in [1.165, 1.54) is 6.08 Å². The van der Waals surface area contributed by atoms with Gasteiger partial charge in [0.15, 0.2) is 0 Å². The first-order valence-corrected chi connectivity index (χ1v) is 7.26. The fourth-order valence-electron chi connectivity index (χ4n) is 1.67. The van der Waals surface area contributed by atoms with Crippen molar-refractivity contribution in [2.24, 2.45) is 0 Å². The van der Waals surface area contributed by atoms with E-state index >= 15 is 0 Å². The number of nitrogens with one attached hydrogen (secondary N) is 1. The topological polar surface area (TPSA) is 41.6 Å². The average Bonchev–Trinajstić information content (AvgIpc) is 2.41. The molecule has 0 heterocycles. The summed E-state index contributed by atoms with van der Waals surface area (Å²) in [4.78, 5) is 13.8. The van der Waals surface area contributed by atoms with Gasteiger partial charge in [-0.1, -0.05) is 15.9 Å². The van der Waals surface area contributed by atoms with Crippen LogP contribution in [0.25, 0.3) is 6.08 Å². The van der Waals surface area contributed by atoms with Gasteiger partial charge in [-0.25, -0.2) is 0 Å². The third kappa shape index (κ3) is 6.21. The highest BCUT2D eigenvalue weighted by atomic mass is 79.9. The SMILES string of the molecule is COc1ccc(Br)cc1C=CC(=O)NCCCN(C)C. The number of amides is 1. The van der Waals surface area contributed by atoms with Crippen LogP contribution in [0.3, 0.4) is 0 Å². The second-order valence-electron chi connectivity index (χ2n) is 4.67. The summed E-state index contributed by atoms with van der Waals surface area (Å²) in [5.41, 5.74) is 0.866. The minimum atomic E-state index is -0.0919. The molecule has 20 heavy (non-hydrogen) atoms. The van der Waals surface area contributed by atoms with Gasteiger partial charge < -0.3 is 15.0 Å². The zero-order valence-electron chi connectivity index (χ0n) is 12.1. The summed E-state index contributed by atoms with van der Waals surface area (Å²) in [6.45, 7) is 1.64. The first kappa shape index (κ1) is 16.7. The van der Waals surface area contributed by atoms with Crippen molar-refractivity contribution in [3.8, 4) is 5.75 Å². The zero-order valence-corrected chi connectivity index (χ0v) is 13.7. The van der Waals surface area contributed by atoms with Crippen LogP contribution in [0.4, 0.5) is 0 Å². The lowest BCUT2D eigenvalue weighted by Crippen LogP contribution is -2.25. The van der Waals surface area contributed by atoms with E-state index in [9.17, 15) is 4.79 Å². The van der Waals surface area contributed by atoms with Crippen LogP contribution in [0.15, 0.2) is 28.7 Å². The Morgan fingerprint density at radius 2 is 2.20 bits per heavy atom. The van der Waals surface area contributed by atoms with E-state index in [0.717, 1.165) is 28.8 Å². The van der Waals surface area contributed by atoms with Crippen molar-refractivity contribution in [2.45, 2.75) is 6.42 Å². The largest absolute Gasteiger partial charge is 0.496 e. The molecule has 0 unspecified atom stereocenters. The van der Waals surface area contributed by atoms with E-state index in [1.54, 1.807) is 13.2 Å². The number of rotatable bonds is 7. The number of nitrogens with zero attached hydrogens (tertiary/aromatic N) is 1. The van der Waals surface area contributed by atoms with Crippen molar-refractivity contribution in [2.75, 3.05) is 34.3 Å². The van der Waals surface area contributed by atoms with Crippen LogP contribution in [0.5, 0.6) is 5.75 Å². The van der Waals surface area contributed by atoms with Gasteiger partial charge >= 0.3 is 0 Å². The Labute approximate surface area is 128 Å². The number of carbonyl (C=O) groups is 1. The van der Waals surface area contributed by atoms with Crippen LogP contribution in [-0.4, -0.2) is 45.1 Å². The molecule has 0 aliphatic rings. The fourth-order valence-corrected chi connectivity index (χ4v) is 2.05. The number of methoxy groups -OCH3 is 1. The molecule has 0 aliphatic carbocycles. The van der Waals surface area contributed by atoms with Gasteiger partial charge in [0.2, 0.25) is 5.91 Å². The molecule has 0 bridgehead atoms. The fraction of sp³-hybridized carbons (Fsp3) is 0.400. The molecule has 5 heteroatoms. The second-order valence-corrected chi connectivity index (χ2v) is 5.58. The molecule has 0 radical (unpaired) electrons. The Hall–Kier alpha value is -1.33. The summed E-state index contributed by atoms with van der Waals surface area (Å²) in [6, 6.07) is 5.67. The van der Waals surface area contributed by atoms with Crippen molar-refractivity contribution in [1.29, 1.82) is 0 Å². The highest BCUT2D eigenvalue weighted by Crippen LogP contribution is 2.23. The Balaban J connectivity index is 2.50. The van der Waals surface area contributed by atoms with Crippen molar-refractivity contribution >= 4 is 27.9 Å². The quantitative estimate of drug-likeness (QED) is 0.612. The van der Waals surface area contributed by atoms with Crippen LogP contribution in [-0.2, 0) is 4.79 Å². The van der Waals surface area contributed by atoms with Crippen molar-refractivity contribution < 1.29 is 9.53 Å². The van der Waals surface area contributed by atoms with E-state index < -0.39 is 0 Å². The molecule has 0 fully saturated rings. The van der Waals surface area contributed by atoms with Crippen LogP contribution < -0.4 is 10.1 Å². The van der Waals surface area contributed by atoms with Gasteiger partial charge in [-0.15, -0.1) is 0 Å². The molecule has 0 spiro atoms. The smallest absolute Gasteiger partial charge is 0.244 e. The molecule has 1 aromatic carbocycles. The van der Waals surface area contributed by atoms with Crippen molar-refractivity contribution in [3.63, 3.8) is 0 Å². The predicted molar refractivity (Wildman–Crippen MR) is 85.9 cm³/mol. The Kier molecular flexibility index (Phi) is 7.33. The third-order valence-electron chi connectivity index (χ3n) is 2.69. The van der Waals surface area contributed by atoms with Crippen molar-refractivity contribution in [3.05, 3.63) is 34.3 Å². The van der Waals surface area contributed by atoms with Gasteiger partial charge in [-0.3, -0.25) is 4.79 Å². The highest BCUT2D eigenvalue weighted by molar-refractivity contribution is 9.10. The molecule has 0 aliphatic heterocycles. The lowest BCUT2D eigenvalue weighted by Gasteiger charge is -2.09. The minimum Gasteiger partial charge on any atom is -0.496 e. The van der Waals surface area contributed by atoms with Gasteiger partial charge in [0.25, 0.3) is 0 Å². The summed E-state index contributed by atoms with van der Waals surface area (Å²) in [5.74, 6) is 0.649. The van der Waals surface area contributed by atoms with Gasteiger partial charge in [0.1, 0.15) is 5.75 Å². The summed E-state index contributed by atoms with van der Waals surface area (Å²) in [5, 5.41) is 2.86. The second kappa shape index (κ2) is 8.76. The summed E-state index contributed by atoms with van der Waals surface area (Å²) < 4.78 is 6.20. The number of halogens is 1. The van der Waals surface area contributed by atoms with Crippen LogP contribution in [0.1, 0.15) is 12.0 Å². The molecule has 0 aromatic heterocycles. The summed E-state index contributed by atoms with van der Waals surface area (Å²) in [7, 11) is 5.64. The number of hydrogen-bond donors (Lipinski definition) is 1. The predicted octanol–water partition coefficient (Wildman–Crippen LogP) is 2.54. The van der Waals surface area contributed by atoms with Gasteiger partial charge in [-0.05, 0) is 51.3 Å². The molecule has 0 atom stereocenters. The Bertz CT molecular complexity index is 473. The van der Waals surface area contributed by atoms with Gasteiger partial charge in [0.05, 0.1) is 7.11 Å². The molecule has 4 nitrogen and oxygen atoms in total. The molecule has 1 N–H and O–H groups in total. The van der Waals surface area contributed by atoms with E-state index in [1.807, 2.05) is 32.3 Å². The number of hydrogen-bond acceptors (Lipinski definition) is 3. The maximum atomic E-state index is 11.7. The molecule has 1 aromatic rings. The monoisotopic (exact) mass is 340 g/mol. The molecule has 110 valence electrons. The Morgan fingerprint density at radius 3 is 2.85 bits per heavy atom. The highest BCUT2D eigenvalue weighted by Gasteiger charge is 2.01. The van der Waals surface area contributed by atoms with Crippen LogP contribution >= 0.6 is 15.9 Å². The van der Waals surface area contributed by atoms with E-state index in [4.69, 9.17) is 4.74 Å². The summed E-state index contributed by atoms with van der Waals surface area (Å²) in [6.07, 6.45) is 4.22. The third-order valence-corrected chi connectivity index (χ3v) is 3.18. The van der Waals surface area contributed by atoms with E-state index in [0.29, 0.717) is 6.54 Å². The van der Waals surface area contributed by atoms with Gasteiger partial charge in [-0.2, -0.15) is 0 Å². The van der Waals surface area contributed by atoms with Crippen LogP contribution in [0.2, 0.25) is 0 Å². The number of ether oxygens (including phenoxy) is 1. The van der Waals surface area contributed by atoms with Crippen LogP contribution in [0, 0.1) is 0 Å². The normalized spacial score (nSPS) is 11.1. The first-order valence-electron chi connectivity index (χ1n) is 6.47. The number of benzene rings is 1. The minimum absolute atomic E-state index is 0.0919. The average molecular weight is 341 g/mol. The number of carbonyl (C=O) groups excluding carboxylic acids is 1. The Morgan fingerprint density at radius 1 is 1.45 bits per heavy atom. The lowest BCUT2D eigenvalue weighted by molar-refractivity contribution is -0.116. The van der Waals surface area contributed by atoms with Crippen molar-refractivity contribution in [1.82, 2.24) is 10.2 Å². The standard InChI is InChI=1S/C15H21BrN2O2/c1-18(2)10-4-9-17-15(19)8-5-12-11-13(16)6-7-14(12)20-3/h5-8,11H,4,9-10H2,1-3H3,(H,17,19). The molecule has 1 rings (SSSR count).